The van der Waals surface area contributed by atoms with Crippen molar-refractivity contribution in [2.75, 3.05) is 18.8 Å². The molecule has 5 heteroatoms. The number of rotatable bonds is 3. The minimum atomic E-state index is -3.10. The second-order valence-electron chi connectivity index (χ2n) is 4.22. The quantitative estimate of drug-likeness (QED) is 0.663. The molecule has 3 rings (SSSR count). The molecule has 3 fully saturated rings. The fraction of sp³-hybridized carbons (Fsp3) is 0.778. The molecule has 2 aliphatic heterocycles. The van der Waals surface area contributed by atoms with E-state index in [0.29, 0.717) is 24.9 Å². The van der Waals surface area contributed by atoms with Crippen LogP contribution in [0.25, 0.3) is 0 Å². The van der Waals surface area contributed by atoms with Gasteiger partial charge in [0.1, 0.15) is 0 Å². The van der Waals surface area contributed by atoms with Crippen molar-refractivity contribution >= 4 is 10.0 Å². The van der Waals surface area contributed by atoms with Crippen molar-refractivity contribution in [3.8, 4) is 0 Å². The summed E-state index contributed by atoms with van der Waals surface area (Å²) in [6.07, 6.45) is 2.54. The van der Waals surface area contributed by atoms with Crippen LogP contribution in [0.15, 0.2) is 12.7 Å². The zero-order valence-electron chi connectivity index (χ0n) is 8.09. The molecule has 0 aromatic rings. The largest absolute Gasteiger partial charge is 0.327 e. The van der Waals surface area contributed by atoms with E-state index in [1.54, 1.807) is 4.31 Å². The second kappa shape index (κ2) is 3.32. The molecular formula is C9H16N2O2S. The lowest BCUT2D eigenvalue weighted by molar-refractivity contribution is 0.0459. The van der Waals surface area contributed by atoms with Crippen LogP contribution in [0.2, 0.25) is 0 Å². The third kappa shape index (κ3) is 1.49. The van der Waals surface area contributed by atoms with Crippen molar-refractivity contribution in [1.29, 1.82) is 0 Å². The Labute approximate surface area is 84.8 Å². The number of sulfonamides is 1. The average molecular weight is 216 g/mol. The van der Waals surface area contributed by atoms with Gasteiger partial charge in [0.05, 0.1) is 5.75 Å². The Balaban J connectivity index is 2.05. The van der Waals surface area contributed by atoms with E-state index in [1.165, 1.54) is 6.08 Å². The van der Waals surface area contributed by atoms with Crippen molar-refractivity contribution in [3.63, 3.8) is 0 Å². The minimum absolute atomic E-state index is 0.0433. The summed E-state index contributed by atoms with van der Waals surface area (Å²) in [5.74, 6) is 0.809. The summed E-state index contributed by atoms with van der Waals surface area (Å²) < 4.78 is 24.9. The second-order valence-corrected chi connectivity index (χ2v) is 6.23. The van der Waals surface area contributed by atoms with Crippen molar-refractivity contribution in [1.82, 2.24) is 4.31 Å². The van der Waals surface area contributed by atoms with E-state index in [9.17, 15) is 8.42 Å². The fourth-order valence-electron chi connectivity index (χ4n) is 2.36. The lowest BCUT2D eigenvalue weighted by Gasteiger charge is -2.51. The molecule has 14 heavy (non-hydrogen) atoms. The van der Waals surface area contributed by atoms with Crippen LogP contribution in [-0.4, -0.2) is 37.6 Å². The smallest absolute Gasteiger partial charge is 0.217 e. The maximum atomic E-state index is 11.7. The number of nitrogens with zero attached hydrogens (tertiary/aromatic N) is 1. The summed E-state index contributed by atoms with van der Waals surface area (Å²) in [5.41, 5.74) is 5.87. The van der Waals surface area contributed by atoms with Gasteiger partial charge in [-0.2, -0.15) is 0 Å². The SMILES string of the molecule is C=CCS(=O)(=O)N1CC2CC(C1)C2N. The Bertz CT molecular complexity index is 327. The Morgan fingerprint density at radius 2 is 2.00 bits per heavy atom. The highest BCUT2D eigenvalue weighted by Crippen LogP contribution is 2.39. The summed E-state index contributed by atoms with van der Waals surface area (Å²) in [6.45, 7) is 4.67. The van der Waals surface area contributed by atoms with Crippen molar-refractivity contribution in [2.24, 2.45) is 17.6 Å². The number of fused-ring (bicyclic) bond motifs is 2. The highest BCUT2D eigenvalue weighted by molar-refractivity contribution is 7.89. The van der Waals surface area contributed by atoms with Gasteiger partial charge in [-0.3, -0.25) is 0 Å². The first-order valence-corrected chi connectivity index (χ1v) is 6.50. The summed E-state index contributed by atoms with van der Waals surface area (Å²) in [6, 6.07) is 0.227. The highest BCUT2D eigenvalue weighted by atomic mass is 32.2. The molecule has 0 amide bonds. The molecular weight excluding hydrogens is 200 g/mol. The third-order valence-electron chi connectivity index (χ3n) is 3.29. The molecule has 2 N–H and O–H groups in total. The van der Waals surface area contributed by atoms with E-state index < -0.39 is 10.0 Å². The standard InChI is InChI=1S/C9H16N2O2S/c1-2-3-14(12,13)11-5-7-4-8(6-11)9(7)10/h2,7-9H,1,3-6,10H2. The van der Waals surface area contributed by atoms with E-state index in [0.717, 1.165) is 6.42 Å². The normalized spacial score (nSPS) is 37.6. The van der Waals surface area contributed by atoms with Gasteiger partial charge in [-0.25, -0.2) is 12.7 Å². The Morgan fingerprint density at radius 1 is 1.43 bits per heavy atom. The summed E-state index contributed by atoms with van der Waals surface area (Å²) in [5, 5.41) is 0. The first-order chi connectivity index (χ1) is 6.54. The van der Waals surface area contributed by atoms with Gasteiger partial charge >= 0.3 is 0 Å². The summed E-state index contributed by atoms with van der Waals surface area (Å²) in [4.78, 5) is 0. The van der Waals surface area contributed by atoms with Crippen molar-refractivity contribution in [3.05, 3.63) is 12.7 Å². The highest BCUT2D eigenvalue weighted by Gasteiger charge is 2.47. The average Bonchev–Trinajstić information content (AvgIpc) is 2.17. The predicted octanol–water partition coefficient (Wildman–Crippen LogP) is -0.219. The molecule has 0 aromatic heterocycles. The Morgan fingerprint density at radius 3 is 2.43 bits per heavy atom. The molecule has 4 nitrogen and oxygen atoms in total. The van der Waals surface area contributed by atoms with Crippen LogP contribution in [0.5, 0.6) is 0 Å². The van der Waals surface area contributed by atoms with Gasteiger partial charge in [0.15, 0.2) is 0 Å². The van der Waals surface area contributed by atoms with Gasteiger partial charge in [-0.1, -0.05) is 6.08 Å². The number of hydrogen-bond acceptors (Lipinski definition) is 3. The first-order valence-electron chi connectivity index (χ1n) is 4.89. The molecule has 2 saturated heterocycles. The van der Waals surface area contributed by atoms with Gasteiger partial charge in [-0.15, -0.1) is 6.58 Å². The van der Waals surface area contributed by atoms with Crippen LogP contribution in [-0.2, 0) is 10.0 Å². The van der Waals surface area contributed by atoms with E-state index in [2.05, 4.69) is 6.58 Å². The Hall–Kier alpha value is -0.390. The van der Waals surface area contributed by atoms with Crippen LogP contribution in [0.1, 0.15) is 6.42 Å². The lowest BCUT2D eigenvalue weighted by atomic mass is 9.67. The number of piperidine rings is 2. The van der Waals surface area contributed by atoms with Gasteiger partial charge < -0.3 is 5.73 Å². The van der Waals surface area contributed by atoms with Crippen molar-refractivity contribution in [2.45, 2.75) is 12.5 Å². The van der Waals surface area contributed by atoms with E-state index >= 15 is 0 Å². The van der Waals surface area contributed by atoms with Gasteiger partial charge in [0.25, 0.3) is 0 Å². The molecule has 2 bridgehead atoms. The summed E-state index contributed by atoms with van der Waals surface area (Å²) >= 11 is 0. The third-order valence-corrected chi connectivity index (χ3v) is 5.03. The van der Waals surface area contributed by atoms with E-state index in [4.69, 9.17) is 5.73 Å². The van der Waals surface area contributed by atoms with Crippen molar-refractivity contribution < 1.29 is 8.42 Å². The van der Waals surface area contributed by atoms with E-state index in [-0.39, 0.29) is 11.8 Å². The zero-order valence-corrected chi connectivity index (χ0v) is 8.91. The summed E-state index contributed by atoms with van der Waals surface area (Å²) in [7, 11) is -3.10. The van der Waals surface area contributed by atoms with Crippen LogP contribution < -0.4 is 5.73 Å². The molecule has 0 aromatic carbocycles. The zero-order chi connectivity index (χ0) is 10.3. The Kier molecular flexibility index (Phi) is 2.41. The molecule has 1 aliphatic carbocycles. The fourth-order valence-corrected chi connectivity index (χ4v) is 3.71. The predicted molar refractivity (Wildman–Crippen MR) is 55.1 cm³/mol. The van der Waals surface area contributed by atoms with Crippen LogP contribution in [0.4, 0.5) is 0 Å². The van der Waals surface area contributed by atoms with Crippen LogP contribution >= 0.6 is 0 Å². The van der Waals surface area contributed by atoms with Crippen LogP contribution in [0, 0.1) is 11.8 Å². The first kappa shape index (κ1) is 10.1. The minimum Gasteiger partial charge on any atom is -0.327 e. The molecule has 2 unspecified atom stereocenters. The monoisotopic (exact) mass is 216 g/mol. The molecule has 2 atom stereocenters. The molecule has 80 valence electrons. The topological polar surface area (TPSA) is 63.4 Å². The van der Waals surface area contributed by atoms with Crippen LogP contribution in [0.3, 0.4) is 0 Å². The molecule has 2 heterocycles. The number of hydrogen-bond donors (Lipinski definition) is 1. The van der Waals surface area contributed by atoms with E-state index in [1.807, 2.05) is 0 Å². The molecule has 1 saturated carbocycles. The molecule has 3 aliphatic rings. The maximum absolute atomic E-state index is 11.7. The van der Waals surface area contributed by atoms with Gasteiger partial charge in [0.2, 0.25) is 10.0 Å². The molecule has 0 spiro atoms. The number of nitrogens with two attached hydrogens (primary N) is 1. The molecule has 0 radical (unpaired) electrons. The van der Waals surface area contributed by atoms with Gasteiger partial charge in [0, 0.05) is 19.1 Å². The maximum Gasteiger partial charge on any atom is 0.217 e. The van der Waals surface area contributed by atoms with Gasteiger partial charge in [-0.05, 0) is 18.3 Å². The lowest BCUT2D eigenvalue weighted by Crippen LogP contribution is -2.63.